The Kier molecular flexibility index (Phi) is 8.54. The molecule has 0 spiro atoms. The predicted molar refractivity (Wildman–Crippen MR) is 285 cm³/mol. The van der Waals surface area contributed by atoms with Crippen molar-refractivity contribution in [2.45, 2.75) is 38.5 Å². The van der Waals surface area contributed by atoms with Crippen LogP contribution in [0.3, 0.4) is 0 Å². The number of hydrogen-bond acceptors (Lipinski definition) is 2. The fourth-order valence-corrected chi connectivity index (χ4v) is 11.7. The molecular weight excluding hydrogens is 827 g/mol. The number of nitrogens with two attached hydrogens (primary N) is 2. The van der Waals surface area contributed by atoms with E-state index in [1.165, 1.54) is 66.1 Å². The molecule has 0 saturated heterocycles. The summed E-state index contributed by atoms with van der Waals surface area (Å²) in [5, 5.41) is 4.86. The molecule has 11 aromatic rings. The number of para-hydroxylation sites is 2. The number of aromatic nitrogens is 2. The molecule has 0 unspecified atom stereocenters. The van der Waals surface area contributed by atoms with Gasteiger partial charge in [-0.15, -0.1) is 0 Å². The van der Waals surface area contributed by atoms with Crippen molar-refractivity contribution in [1.82, 2.24) is 9.13 Å². The average Bonchev–Trinajstić information content (AvgIpc) is 4.03. The van der Waals surface area contributed by atoms with E-state index in [2.05, 4.69) is 207 Å². The minimum absolute atomic E-state index is 0.141. The van der Waals surface area contributed by atoms with Crippen molar-refractivity contribution in [3.63, 3.8) is 0 Å². The van der Waals surface area contributed by atoms with Crippen molar-refractivity contribution < 1.29 is 0 Å². The Balaban J connectivity index is 1.00. The third-order valence-corrected chi connectivity index (χ3v) is 15.1. The lowest BCUT2D eigenvalue weighted by molar-refractivity contribution is 0.661. The van der Waals surface area contributed by atoms with Crippen LogP contribution in [-0.4, -0.2) is 15.0 Å². The molecule has 0 radical (unpaired) electrons. The van der Waals surface area contributed by atoms with E-state index in [-0.39, 0.29) is 10.8 Å². The van der Waals surface area contributed by atoms with E-state index in [1.807, 2.05) is 30.3 Å². The van der Waals surface area contributed by atoms with Gasteiger partial charge < -0.3 is 20.6 Å². The molecule has 0 fully saturated rings. The van der Waals surface area contributed by atoms with Crippen molar-refractivity contribution in [2.75, 3.05) is 0 Å². The van der Waals surface area contributed by atoms with Gasteiger partial charge in [0.15, 0.2) is 0 Å². The Labute approximate surface area is 395 Å². The number of rotatable bonds is 6. The number of fused-ring (bicyclic) bond motifs is 12. The van der Waals surface area contributed by atoms with Crippen molar-refractivity contribution in [3.8, 4) is 33.6 Å². The van der Waals surface area contributed by atoms with Crippen LogP contribution in [0.25, 0.3) is 88.6 Å². The second-order valence-corrected chi connectivity index (χ2v) is 19.6. The summed E-state index contributed by atoms with van der Waals surface area (Å²) in [6.07, 6.45) is 0. The number of amidine groups is 1. The molecule has 326 valence electrons. The first kappa shape index (κ1) is 39.9. The van der Waals surface area contributed by atoms with Gasteiger partial charge in [-0.3, -0.25) is 0 Å². The maximum Gasteiger partial charge on any atom is 0.131 e. The van der Waals surface area contributed by atoms with Gasteiger partial charge in [0.05, 0.1) is 33.5 Å². The second-order valence-electron chi connectivity index (χ2n) is 19.6. The van der Waals surface area contributed by atoms with Gasteiger partial charge in [0.1, 0.15) is 5.84 Å². The molecule has 9 aromatic carbocycles. The molecule has 2 aromatic heterocycles. The zero-order valence-corrected chi connectivity index (χ0v) is 38.5. The van der Waals surface area contributed by atoms with Gasteiger partial charge in [-0.25, -0.2) is 4.99 Å². The van der Waals surface area contributed by atoms with Gasteiger partial charge in [0.25, 0.3) is 0 Å². The summed E-state index contributed by atoms with van der Waals surface area (Å²) in [4.78, 5) is 5.23. The second kappa shape index (κ2) is 14.5. The van der Waals surface area contributed by atoms with Crippen molar-refractivity contribution in [3.05, 3.63) is 239 Å². The summed E-state index contributed by atoms with van der Waals surface area (Å²) in [5.41, 5.74) is 35.0. The molecule has 5 nitrogen and oxygen atoms in total. The lowest BCUT2D eigenvalue weighted by atomic mass is 9.82. The number of aliphatic imine (C=N–C) groups is 1. The smallest absolute Gasteiger partial charge is 0.131 e. The molecule has 2 heterocycles. The van der Waals surface area contributed by atoms with Crippen LogP contribution >= 0.6 is 0 Å². The van der Waals surface area contributed by atoms with E-state index in [0.717, 1.165) is 50.1 Å². The molecule has 13 rings (SSSR count). The standard InChI is InChI=1S/C63H49N5/c1-62(2)51-28-12-8-24-43(51)47-34-49-45-26-10-14-30-55(45)67(57(49)36-53(47)62)41-22-16-20-39(32-41)59(64)60(66-61(65)38-18-6-5-7-19-38)40-21-17-23-42(33-40)68-56-31-15-11-27-46(56)50-35-48-44-25-9-13-29-52(44)63(3,4)54(48)37-58(50)68/h5-37H,64H2,1-4H3,(H2,65,66)/b60-59-. The first-order valence-electron chi connectivity index (χ1n) is 23.5. The molecule has 0 saturated carbocycles. The molecule has 2 aliphatic carbocycles. The Hall–Kier alpha value is -8.41. The summed E-state index contributed by atoms with van der Waals surface area (Å²) in [6.45, 7) is 9.36. The summed E-state index contributed by atoms with van der Waals surface area (Å²) in [7, 11) is 0. The van der Waals surface area contributed by atoms with Gasteiger partial charge in [-0.2, -0.15) is 0 Å². The fourth-order valence-electron chi connectivity index (χ4n) is 11.7. The largest absolute Gasteiger partial charge is 0.396 e. The molecule has 0 aliphatic heterocycles. The van der Waals surface area contributed by atoms with Crippen LogP contribution in [0.4, 0.5) is 0 Å². The van der Waals surface area contributed by atoms with Crippen LogP contribution in [0.5, 0.6) is 0 Å². The third-order valence-electron chi connectivity index (χ3n) is 15.1. The summed E-state index contributed by atoms with van der Waals surface area (Å²) < 4.78 is 4.78. The van der Waals surface area contributed by atoms with E-state index in [4.69, 9.17) is 16.5 Å². The highest BCUT2D eigenvalue weighted by molar-refractivity contribution is 6.13. The van der Waals surface area contributed by atoms with E-state index < -0.39 is 0 Å². The Bertz CT molecular complexity index is 3990. The lowest BCUT2D eigenvalue weighted by Crippen LogP contribution is -2.15. The molecule has 0 bridgehead atoms. The maximum absolute atomic E-state index is 7.49. The highest BCUT2D eigenvalue weighted by Crippen LogP contribution is 2.52. The molecule has 2 aliphatic rings. The monoisotopic (exact) mass is 875 g/mol. The highest BCUT2D eigenvalue weighted by atomic mass is 15.0. The molecule has 4 N–H and O–H groups in total. The van der Waals surface area contributed by atoms with Crippen molar-refractivity contribution >= 4 is 60.8 Å². The Morgan fingerprint density at radius 2 is 0.809 bits per heavy atom. The fraction of sp³-hybridized carbons (Fsp3) is 0.0952. The molecular formula is C63H49N5. The summed E-state index contributed by atoms with van der Waals surface area (Å²) >= 11 is 0. The number of benzene rings is 9. The van der Waals surface area contributed by atoms with E-state index >= 15 is 0 Å². The van der Waals surface area contributed by atoms with Crippen LogP contribution in [0, 0.1) is 0 Å². The van der Waals surface area contributed by atoms with Gasteiger partial charge >= 0.3 is 0 Å². The van der Waals surface area contributed by atoms with E-state index in [0.29, 0.717) is 17.2 Å². The first-order valence-corrected chi connectivity index (χ1v) is 23.5. The Morgan fingerprint density at radius 1 is 0.368 bits per heavy atom. The SMILES string of the molecule is CC1(C)c2ccccc2-c2cc3c4ccccc4n(-c4cccc(/C(N)=C(/N=C(N)c5ccccc5)c5cccc(-n6c7ccccc7c7cc8c(cc76)C(C)(C)c6ccccc6-8)c5)c4)c3cc21. The number of nitrogens with zero attached hydrogens (tertiary/aromatic N) is 3. The average molecular weight is 876 g/mol. The topological polar surface area (TPSA) is 74.3 Å². The van der Waals surface area contributed by atoms with Crippen LogP contribution in [0.2, 0.25) is 0 Å². The van der Waals surface area contributed by atoms with E-state index in [1.54, 1.807) is 0 Å². The van der Waals surface area contributed by atoms with Gasteiger partial charge in [-0.05, 0) is 105 Å². The lowest BCUT2D eigenvalue weighted by Gasteiger charge is -2.22. The third kappa shape index (κ3) is 5.72. The zero-order chi connectivity index (χ0) is 46.1. The van der Waals surface area contributed by atoms with E-state index in [9.17, 15) is 0 Å². The molecule has 68 heavy (non-hydrogen) atoms. The molecule has 5 heteroatoms. The van der Waals surface area contributed by atoms with Crippen molar-refractivity contribution in [1.29, 1.82) is 0 Å². The van der Waals surface area contributed by atoms with Crippen LogP contribution in [-0.2, 0) is 10.8 Å². The van der Waals surface area contributed by atoms with Gasteiger partial charge in [0, 0.05) is 60.4 Å². The number of hydrogen-bond donors (Lipinski definition) is 2. The quantitative estimate of drug-likeness (QED) is 0.0992. The van der Waals surface area contributed by atoms with Crippen LogP contribution in [0.15, 0.2) is 205 Å². The predicted octanol–water partition coefficient (Wildman–Crippen LogP) is 14.7. The Morgan fingerprint density at radius 3 is 1.35 bits per heavy atom. The summed E-state index contributed by atoms with van der Waals surface area (Å²) in [5.74, 6) is 0.388. The van der Waals surface area contributed by atoms with Crippen LogP contribution < -0.4 is 11.5 Å². The normalized spacial score (nSPS) is 14.9. The first-order chi connectivity index (χ1) is 33.1. The minimum atomic E-state index is -0.145. The van der Waals surface area contributed by atoms with Crippen molar-refractivity contribution in [2.24, 2.45) is 16.5 Å². The van der Waals surface area contributed by atoms with Gasteiger partial charge in [0.2, 0.25) is 0 Å². The zero-order valence-electron chi connectivity index (χ0n) is 38.5. The molecule has 0 atom stereocenters. The minimum Gasteiger partial charge on any atom is -0.396 e. The summed E-state index contributed by atoms with van der Waals surface area (Å²) in [6, 6.07) is 71.8. The highest BCUT2D eigenvalue weighted by Gasteiger charge is 2.37. The maximum atomic E-state index is 7.49. The van der Waals surface area contributed by atoms with Crippen LogP contribution in [0.1, 0.15) is 66.6 Å². The molecule has 0 amide bonds. The van der Waals surface area contributed by atoms with Gasteiger partial charge in [-0.1, -0.05) is 167 Å².